The van der Waals surface area contributed by atoms with E-state index in [4.69, 9.17) is 10.8 Å². The molecule has 0 aromatic rings. The fourth-order valence-corrected chi connectivity index (χ4v) is 1.61. The van der Waals surface area contributed by atoms with E-state index in [1.54, 1.807) is 0 Å². The maximum atomic E-state index is 11.6. The van der Waals surface area contributed by atoms with Gasteiger partial charge in [0.25, 0.3) is 6.47 Å². The molecule has 0 aromatic heterocycles. The zero-order valence-electron chi connectivity index (χ0n) is 10.8. The summed E-state index contributed by atoms with van der Waals surface area (Å²) in [6, 6.07) is -0.839. The van der Waals surface area contributed by atoms with Crippen molar-refractivity contribution >= 4 is 36.8 Å². The Bertz CT molecular complexity index is 363. The molecule has 2 atom stereocenters. The van der Waals surface area contributed by atoms with Gasteiger partial charge in [-0.15, -0.1) is 0 Å². The predicted octanol–water partition coefficient (Wildman–Crippen LogP) is -0.927. The highest BCUT2D eigenvalue weighted by atomic mass is 32.1. The molecule has 0 aromatic carbocycles. The number of hydrogen-bond donors (Lipinski definition) is 4. The Balaban J connectivity index is 4.14. The van der Waals surface area contributed by atoms with Gasteiger partial charge in [-0.1, -0.05) is 0 Å². The Hall–Kier alpha value is -1.61. The van der Waals surface area contributed by atoms with Crippen LogP contribution in [-0.4, -0.2) is 47.3 Å². The van der Waals surface area contributed by atoms with E-state index in [2.05, 4.69) is 22.7 Å². The molecule has 0 rings (SSSR count). The molecule has 0 heterocycles. The van der Waals surface area contributed by atoms with Crippen molar-refractivity contribution in [2.45, 2.75) is 38.0 Å². The third kappa shape index (κ3) is 8.48. The number of ketones is 1. The van der Waals surface area contributed by atoms with Crippen LogP contribution in [0.4, 0.5) is 0 Å². The standard InChI is InChI=1S/C11H18N2O6S/c12-9(19-6-14)2-3-10(16)13-7(5-20)8(15)1-4-11(17)18/h6-7,9,20H,1-5,12H2,(H,13,16)(H,17,18)/t7-,9?/m0/s1. The number of carboxylic acid groups (broad SMARTS) is 1. The molecule has 1 amide bonds. The summed E-state index contributed by atoms with van der Waals surface area (Å²) in [5, 5.41) is 10.9. The van der Waals surface area contributed by atoms with E-state index in [0.717, 1.165) is 0 Å². The molecule has 4 N–H and O–H groups in total. The summed E-state index contributed by atoms with van der Waals surface area (Å²) in [6.45, 7) is 0.189. The van der Waals surface area contributed by atoms with Crippen LogP contribution in [-0.2, 0) is 23.9 Å². The highest BCUT2D eigenvalue weighted by molar-refractivity contribution is 7.80. The molecular formula is C11H18N2O6S. The van der Waals surface area contributed by atoms with E-state index in [-0.39, 0.29) is 37.9 Å². The van der Waals surface area contributed by atoms with Crippen LogP contribution in [0.5, 0.6) is 0 Å². The summed E-state index contributed by atoms with van der Waals surface area (Å²) in [6.07, 6.45) is -1.25. The van der Waals surface area contributed by atoms with Gasteiger partial charge in [-0.25, -0.2) is 0 Å². The number of amides is 1. The second kappa shape index (κ2) is 10.2. The zero-order valence-corrected chi connectivity index (χ0v) is 11.7. The molecule has 0 aliphatic rings. The number of nitrogens with two attached hydrogens (primary N) is 1. The molecular weight excluding hydrogens is 288 g/mol. The SMILES string of the molecule is NC(CCC(=O)N[C@@H](CS)C(=O)CCC(=O)O)OC=O. The maximum absolute atomic E-state index is 11.6. The molecule has 0 aliphatic carbocycles. The molecule has 9 heteroatoms. The number of thiol groups is 1. The normalized spacial score (nSPS) is 13.1. The first-order valence-corrected chi connectivity index (χ1v) is 6.53. The summed E-state index contributed by atoms with van der Waals surface area (Å²) < 4.78 is 4.41. The quantitative estimate of drug-likeness (QED) is 0.220. The van der Waals surface area contributed by atoms with Gasteiger partial charge < -0.3 is 15.2 Å². The van der Waals surface area contributed by atoms with Crippen LogP contribution in [0.1, 0.15) is 25.7 Å². The van der Waals surface area contributed by atoms with E-state index < -0.39 is 29.9 Å². The van der Waals surface area contributed by atoms with Gasteiger partial charge in [-0.3, -0.25) is 24.9 Å². The minimum atomic E-state index is -1.08. The van der Waals surface area contributed by atoms with E-state index in [1.807, 2.05) is 0 Å². The smallest absolute Gasteiger partial charge is 0.303 e. The minimum Gasteiger partial charge on any atom is -0.481 e. The fourth-order valence-electron chi connectivity index (χ4n) is 1.31. The second-order valence-corrected chi connectivity index (χ2v) is 4.34. The first-order valence-electron chi connectivity index (χ1n) is 5.90. The van der Waals surface area contributed by atoms with Crippen molar-refractivity contribution < 1.29 is 29.0 Å². The van der Waals surface area contributed by atoms with Crippen molar-refractivity contribution in [3.05, 3.63) is 0 Å². The first kappa shape index (κ1) is 18.4. The molecule has 0 radical (unpaired) electrons. The van der Waals surface area contributed by atoms with Gasteiger partial charge in [0.15, 0.2) is 12.0 Å². The average molecular weight is 306 g/mol. The topological polar surface area (TPSA) is 136 Å². The lowest BCUT2D eigenvalue weighted by Crippen LogP contribution is -2.42. The monoisotopic (exact) mass is 306 g/mol. The van der Waals surface area contributed by atoms with Crippen LogP contribution >= 0.6 is 12.6 Å². The molecule has 0 bridgehead atoms. The molecule has 0 spiro atoms. The van der Waals surface area contributed by atoms with Crippen LogP contribution in [0, 0.1) is 0 Å². The maximum Gasteiger partial charge on any atom is 0.303 e. The van der Waals surface area contributed by atoms with Gasteiger partial charge in [-0.05, 0) is 0 Å². The van der Waals surface area contributed by atoms with Crippen molar-refractivity contribution in [3.63, 3.8) is 0 Å². The molecule has 0 saturated heterocycles. The molecule has 0 aliphatic heterocycles. The minimum absolute atomic E-state index is 0.0223. The van der Waals surface area contributed by atoms with Gasteiger partial charge in [0.2, 0.25) is 5.91 Å². The van der Waals surface area contributed by atoms with Crippen LogP contribution < -0.4 is 11.1 Å². The third-order valence-corrected chi connectivity index (χ3v) is 2.74. The summed E-state index contributed by atoms with van der Waals surface area (Å²) in [7, 11) is 0. The largest absolute Gasteiger partial charge is 0.481 e. The van der Waals surface area contributed by atoms with Gasteiger partial charge in [0.05, 0.1) is 12.5 Å². The van der Waals surface area contributed by atoms with Crippen molar-refractivity contribution in [1.82, 2.24) is 5.32 Å². The summed E-state index contributed by atoms with van der Waals surface area (Å²) in [5.41, 5.74) is 5.36. The summed E-state index contributed by atoms with van der Waals surface area (Å²) in [5.74, 6) is -1.86. The summed E-state index contributed by atoms with van der Waals surface area (Å²) >= 11 is 3.94. The zero-order chi connectivity index (χ0) is 15.5. The van der Waals surface area contributed by atoms with Gasteiger partial charge in [0, 0.05) is 25.0 Å². The Labute approximate surface area is 121 Å². The number of nitrogens with one attached hydrogen (secondary N) is 1. The van der Waals surface area contributed by atoms with Crippen LogP contribution in [0.15, 0.2) is 0 Å². The number of aliphatic carboxylic acids is 1. The molecule has 8 nitrogen and oxygen atoms in total. The van der Waals surface area contributed by atoms with E-state index in [0.29, 0.717) is 0 Å². The molecule has 114 valence electrons. The molecule has 20 heavy (non-hydrogen) atoms. The number of carbonyl (C=O) groups is 4. The Morgan fingerprint density at radius 2 is 1.95 bits per heavy atom. The van der Waals surface area contributed by atoms with Crippen LogP contribution in [0.25, 0.3) is 0 Å². The Morgan fingerprint density at radius 3 is 2.45 bits per heavy atom. The van der Waals surface area contributed by atoms with E-state index in [1.165, 1.54) is 0 Å². The number of rotatable bonds is 11. The Morgan fingerprint density at radius 1 is 1.30 bits per heavy atom. The lowest BCUT2D eigenvalue weighted by Gasteiger charge is -2.16. The van der Waals surface area contributed by atoms with Crippen molar-refractivity contribution in [2.24, 2.45) is 5.73 Å². The lowest BCUT2D eigenvalue weighted by atomic mass is 10.1. The van der Waals surface area contributed by atoms with Gasteiger partial charge in [0.1, 0.15) is 0 Å². The highest BCUT2D eigenvalue weighted by Crippen LogP contribution is 2.01. The second-order valence-electron chi connectivity index (χ2n) is 3.97. The average Bonchev–Trinajstić information content (AvgIpc) is 2.40. The molecule has 0 fully saturated rings. The van der Waals surface area contributed by atoms with Gasteiger partial charge >= 0.3 is 5.97 Å². The number of carboxylic acids is 1. The van der Waals surface area contributed by atoms with E-state index in [9.17, 15) is 19.2 Å². The third-order valence-electron chi connectivity index (χ3n) is 2.38. The van der Waals surface area contributed by atoms with Crippen molar-refractivity contribution in [1.29, 1.82) is 0 Å². The van der Waals surface area contributed by atoms with Crippen LogP contribution in [0.2, 0.25) is 0 Å². The van der Waals surface area contributed by atoms with Crippen molar-refractivity contribution in [2.75, 3.05) is 5.75 Å². The fraction of sp³-hybridized carbons (Fsp3) is 0.636. The van der Waals surface area contributed by atoms with Gasteiger partial charge in [-0.2, -0.15) is 12.6 Å². The highest BCUT2D eigenvalue weighted by Gasteiger charge is 2.20. The van der Waals surface area contributed by atoms with Crippen molar-refractivity contribution in [3.8, 4) is 0 Å². The lowest BCUT2D eigenvalue weighted by molar-refractivity contribution is -0.139. The number of hydrogen-bond acceptors (Lipinski definition) is 7. The Kier molecular flexibility index (Phi) is 9.39. The van der Waals surface area contributed by atoms with E-state index >= 15 is 0 Å². The molecule has 0 saturated carbocycles. The summed E-state index contributed by atoms with van der Waals surface area (Å²) in [4.78, 5) is 43.5. The molecule has 1 unspecified atom stereocenters. The number of Topliss-reactive ketones (excluding diaryl/α,β-unsaturated/α-hetero) is 1. The predicted molar refractivity (Wildman–Crippen MR) is 72.0 cm³/mol. The van der Waals surface area contributed by atoms with Crippen LogP contribution in [0.3, 0.4) is 0 Å². The number of ether oxygens (including phenoxy) is 1. The first-order chi connectivity index (χ1) is 9.40. The number of carbonyl (C=O) groups excluding carboxylic acids is 3.